The SMILES string of the molecule is O=c1oc2ccccc2c2c1[C@@H](c1ccc(F)cc1)C=C(c1ccccc1)O2. The molecule has 1 atom stereocenters. The third-order valence-electron chi connectivity index (χ3n) is 4.93. The van der Waals surface area contributed by atoms with Gasteiger partial charge in [0.05, 0.1) is 10.9 Å². The zero-order chi connectivity index (χ0) is 19.1. The summed E-state index contributed by atoms with van der Waals surface area (Å²) < 4.78 is 25.2. The van der Waals surface area contributed by atoms with Gasteiger partial charge in [0.25, 0.3) is 0 Å². The highest BCUT2D eigenvalue weighted by atomic mass is 19.1. The van der Waals surface area contributed by atoms with Gasteiger partial charge in [0.1, 0.15) is 22.9 Å². The summed E-state index contributed by atoms with van der Waals surface area (Å²) in [6.07, 6.45) is 1.89. The van der Waals surface area contributed by atoms with Gasteiger partial charge in [-0.3, -0.25) is 0 Å². The summed E-state index contributed by atoms with van der Waals surface area (Å²) in [5, 5.41) is 0.728. The molecule has 5 rings (SSSR count). The minimum Gasteiger partial charge on any atom is -0.456 e. The number of fused-ring (bicyclic) bond motifs is 3. The first-order valence-corrected chi connectivity index (χ1v) is 8.97. The van der Waals surface area contributed by atoms with Gasteiger partial charge >= 0.3 is 5.63 Å². The maximum atomic E-state index is 13.5. The molecule has 136 valence electrons. The minimum absolute atomic E-state index is 0.325. The minimum atomic E-state index is -0.452. The van der Waals surface area contributed by atoms with E-state index in [1.807, 2.05) is 54.6 Å². The third kappa shape index (κ3) is 2.70. The standard InChI is InChI=1S/C24H15FO3/c25-17-12-10-15(11-13-17)19-14-21(16-6-2-1-3-7-16)27-23-18-8-4-5-9-20(18)28-24(26)22(19)23/h1-14,19H/t19-/m1/s1. The van der Waals surface area contributed by atoms with E-state index in [1.54, 1.807) is 18.2 Å². The molecule has 0 spiro atoms. The van der Waals surface area contributed by atoms with Crippen LogP contribution in [0, 0.1) is 5.82 Å². The van der Waals surface area contributed by atoms with Crippen molar-refractivity contribution in [2.24, 2.45) is 0 Å². The van der Waals surface area contributed by atoms with Gasteiger partial charge in [0.15, 0.2) is 0 Å². The molecular weight excluding hydrogens is 355 g/mol. The molecule has 2 heterocycles. The van der Waals surface area contributed by atoms with E-state index in [0.29, 0.717) is 22.7 Å². The zero-order valence-corrected chi connectivity index (χ0v) is 14.8. The Morgan fingerprint density at radius 3 is 2.32 bits per heavy atom. The second kappa shape index (κ2) is 6.50. The molecular formula is C24H15FO3. The Morgan fingerprint density at radius 1 is 0.821 bits per heavy atom. The lowest BCUT2D eigenvalue weighted by atomic mass is 9.88. The highest BCUT2D eigenvalue weighted by Gasteiger charge is 2.30. The molecule has 0 unspecified atom stereocenters. The summed E-state index contributed by atoms with van der Waals surface area (Å²) in [4.78, 5) is 12.8. The second-order valence-corrected chi connectivity index (χ2v) is 6.66. The number of hydrogen-bond acceptors (Lipinski definition) is 3. The number of allylic oxidation sites excluding steroid dienone is 1. The Balaban J connectivity index is 1.79. The second-order valence-electron chi connectivity index (χ2n) is 6.66. The number of hydrogen-bond donors (Lipinski definition) is 0. The molecule has 3 nitrogen and oxygen atoms in total. The van der Waals surface area contributed by atoms with Crippen LogP contribution in [-0.4, -0.2) is 0 Å². The lowest BCUT2D eigenvalue weighted by Crippen LogP contribution is -2.19. The molecule has 0 fully saturated rings. The Kier molecular flexibility index (Phi) is 3.83. The van der Waals surface area contributed by atoms with Gasteiger partial charge in [-0.25, -0.2) is 9.18 Å². The quantitative estimate of drug-likeness (QED) is 0.438. The molecule has 0 N–H and O–H groups in total. The van der Waals surface area contributed by atoms with Crippen molar-refractivity contribution in [2.45, 2.75) is 5.92 Å². The Labute approximate surface area is 160 Å². The molecule has 4 heteroatoms. The lowest BCUT2D eigenvalue weighted by molar-refractivity contribution is 0.472. The predicted octanol–water partition coefficient (Wildman–Crippen LogP) is 5.50. The van der Waals surface area contributed by atoms with Gasteiger partial charge in [-0.05, 0) is 35.9 Å². The molecule has 0 saturated carbocycles. The first-order chi connectivity index (χ1) is 13.7. The summed E-state index contributed by atoms with van der Waals surface area (Å²) in [5.41, 5.74) is 2.13. The number of rotatable bonds is 2. The van der Waals surface area contributed by atoms with Crippen LogP contribution in [0.3, 0.4) is 0 Å². The molecule has 0 radical (unpaired) electrons. The fraction of sp³-hybridized carbons (Fsp3) is 0.0417. The van der Waals surface area contributed by atoms with Gasteiger partial charge in [-0.1, -0.05) is 54.6 Å². The molecule has 0 amide bonds. The Morgan fingerprint density at radius 2 is 1.54 bits per heavy atom. The Hall–Kier alpha value is -3.66. The zero-order valence-electron chi connectivity index (χ0n) is 14.8. The molecule has 0 bridgehead atoms. The monoisotopic (exact) mass is 370 g/mol. The third-order valence-corrected chi connectivity index (χ3v) is 4.93. The summed E-state index contributed by atoms with van der Waals surface area (Å²) in [5.74, 6) is 0.412. The van der Waals surface area contributed by atoms with Crippen molar-refractivity contribution in [1.29, 1.82) is 0 Å². The van der Waals surface area contributed by atoms with Crippen molar-refractivity contribution in [3.8, 4) is 5.75 Å². The van der Waals surface area contributed by atoms with Crippen LogP contribution in [-0.2, 0) is 0 Å². The molecule has 1 aliphatic rings. The van der Waals surface area contributed by atoms with Crippen LogP contribution in [0.1, 0.15) is 22.6 Å². The first kappa shape index (κ1) is 16.5. The number of ether oxygens (including phenoxy) is 1. The maximum absolute atomic E-state index is 13.5. The van der Waals surface area contributed by atoms with Crippen LogP contribution in [0.2, 0.25) is 0 Å². The van der Waals surface area contributed by atoms with Crippen LogP contribution in [0.5, 0.6) is 5.75 Å². The van der Waals surface area contributed by atoms with Gasteiger partial charge < -0.3 is 9.15 Å². The van der Waals surface area contributed by atoms with E-state index in [0.717, 1.165) is 16.5 Å². The smallest absolute Gasteiger partial charge is 0.344 e. The van der Waals surface area contributed by atoms with E-state index < -0.39 is 11.5 Å². The van der Waals surface area contributed by atoms with E-state index in [4.69, 9.17) is 9.15 Å². The molecule has 1 aromatic heterocycles. The van der Waals surface area contributed by atoms with Gasteiger partial charge in [0.2, 0.25) is 0 Å². The largest absolute Gasteiger partial charge is 0.456 e. The van der Waals surface area contributed by atoms with Gasteiger partial charge in [-0.15, -0.1) is 0 Å². The van der Waals surface area contributed by atoms with Crippen molar-refractivity contribution in [3.63, 3.8) is 0 Å². The normalized spacial score (nSPS) is 15.6. The van der Waals surface area contributed by atoms with Crippen molar-refractivity contribution in [3.05, 3.63) is 118 Å². The number of para-hydroxylation sites is 1. The average molecular weight is 370 g/mol. The molecule has 3 aromatic carbocycles. The van der Waals surface area contributed by atoms with Crippen LogP contribution >= 0.6 is 0 Å². The fourth-order valence-corrected chi connectivity index (χ4v) is 3.58. The fourth-order valence-electron chi connectivity index (χ4n) is 3.58. The summed E-state index contributed by atoms with van der Waals surface area (Å²) >= 11 is 0. The lowest BCUT2D eigenvalue weighted by Gasteiger charge is -2.25. The van der Waals surface area contributed by atoms with E-state index in [9.17, 15) is 9.18 Å². The number of benzene rings is 3. The molecule has 4 aromatic rings. The van der Waals surface area contributed by atoms with Crippen LogP contribution in [0.15, 0.2) is 94.2 Å². The van der Waals surface area contributed by atoms with Crippen molar-refractivity contribution < 1.29 is 13.5 Å². The van der Waals surface area contributed by atoms with E-state index in [-0.39, 0.29) is 5.82 Å². The van der Waals surface area contributed by atoms with E-state index in [2.05, 4.69) is 0 Å². The molecule has 0 aliphatic carbocycles. The van der Waals surface area contributed by atoms with Crippen molar-refractivity contribution in [2.75, 3.05) is 0 Å². The maximum Gasteiger partial charge on any atom is 0.344 e. The van der Waals surface area contributed by atoms with E-state index in [1.165, 1.54) is 12.1 Å². The predicted molar refractivity (Wildman–Crippen MR) is 106 cm³/mol. The van der Waals surface area contributed by atoms with Gasteiger partial charge in [-0.2, -0.15) is 0 Å². The van der Waals surface area contributed by atoms with Crippen molar-refractivity contribution >= 4 is 16.7 Å². The van der Waals surface area contributed by atoms with Crippen LogP contribution in [0.4, 0.5) is 4.39 Å². The van der Waals surface area contributed by atoms with Crippen LogP contribution in [0.25, 0.3) is 16.7 Å². The highest BCUT2D eigenvalue weighted by Crippen LogP contribution is 2.42. The topological polar surface area (TPSA) is 39.4 Å². The summed E-state index contributed by atoms with van der Waals surface area (Å²) in [6, 6.07) is 23.1. The molecule has 0 saturated heterocycles. The van der Waals surface area contributed by atoms with E-state index >= 15 is 0 Å². The number of halogens is 1. The summed E-state index contributed by atoms with van der Waals surface area (Å²) in [7, 11) is 0. The van der Waals surface area contributed by atoms with Crippen molar-refractivity contribution in [1.82, 2.24) is 0 Å². The first-order valence-electron chi connectivity index (χ1n) is 8.97. The Bertz CT molecular complexity index is 1250. The summed E-state index contributed by atoms with van der Waals surface area (Å²) in [6.45, 7) is 0. The molecule has 1 aliphatic heterocycles. The highest BCUT2D eigenvalue weighted by molar-refractivity contribution is 5.87. The van der Waals surface area contributed by atoms with Gasteiger partial charge in [0, 0.05) is 11.5 Å². The molecule has 28 heavy (non-hydrogen) atoms. The van der Waals surface area contributed by atoms with Crippen LogP contribution < -0.4 is 10.4 Å². The average Bonchev–Trinajstić information content (AvgIpc) is 2.74.